The zero-order valence-corrected chi connectivity index (χ0v) is 7.83. The van der Waals surface area contributed by atoms with Crippen molar-refractivity contribution < 1.29 is 0 Å². The highest BCUT2D eigenvalue weighted by molar-refractivity contribution is 7.99. The molecule has 0 nitrogen and oxygen atoms in total. The fraction of sp³-hybridized carbons (Fsp3) is 0.600. The van der Waals surface area contributed by atoms with Crippen LogP contribution in [0.4, 0.5) is 0 Å². The third-order valence-electron chi connectivity index (χ3n) is 0.580. The number of hydrogen-bond acceptors (Lipinski definition) is 1. The molecule has 0 aromatic heterocycles. The molecule has 0 spiro atoms. The quantitative estimate of drug-likeness (QED) is 0.501. The predicted octanol–water partition coefficient (Wildman–Crippen LogP) is 3.28. The van der Waals surface area contributed by atoms with Gasteiger partial charge in [-0.15, -0.1) is 11.6 Å². The van der Waals surface area contributed by atoms with Gasteiger partial charge < -0.3 is 0 Å². The molecule has 0 aliphatic carbocycles. The van der Waals surface area contributed by atoms with Crippen molar-refractivity contribution in [2.45, 2.75) is 0 Å². The molecule has 0 bridgehead atoms. The van der Waals surface area contributed by atoms with Crippen molar-refractivity contribution in [3.8, 4) is 0 Å². The second-order valence-corrected chi connectivity index (χ2v) is 3.48. The van der Waals surface area contributed by atoms with Crippen molar-refractivity contribution in [2.75, 3.05) is 17.4 Å². The van der Waals surface area contributed by atoms with E-state index in [-0.39, 0.29) is 0 Å². The van der Waals surface area contributed by atoms with Crippen molar-refractivity contribution in [1.82, 2.24) is 0 Å². The number of thioether (sulfide) groups is 1. The molecule has 9 heavy (non-hydrogen) atoms. The molecular formula is C5H7Cl3S. The summed E-state index contributed by atoms with van der Waals surface area (Å²) < 4.78 is 0. The smallest absolute Gasteiger partial charge is 0.0392 e. The van der Waals surface area contributed by atoms with Crippen LogP contribution in [0.1, 0.15) is 0 Å². The van der Waals surface area contributed by atoms with Gasteiger partial charge in [-0.2, -0.15) is 11.8 Å². The monoisotopic (exact) mass is 204 g/mol. The SMILES string of the molecule is ClC=C(Cl)CSCCCl. The van der Waals surface area contributed by atoms with Gasteiger partial charge in [0.1, 0.15) is 0 Å². The van der Waals surface area contributed by atoms with Gasteiger partial charge in [0.2, 0.25) is 0 Å². The third kappa shape index (κ3) is 6.85. The first kappa shape index (κ1) is 9.96. The summed E-state index contributed by atoms with van der Waals surface area (Å²) in [6.45, 7) is 0. The molecule has 0 radical (unpaired) electrons. The average molecular weight is 206 g/mol. The van der Waals surface area contributed by atoms with Crippen molar-refractivity contribution in [1.29, 1.82) is 0 Å². The summed E-state index contributed by atoms with van der Waals surface area (Å²) >= 11 is 17.9. The lowest BCUT2D eigenvalue weighted by molar-refractivity contribution is 1.52. The summed E-state index contributed by atoms with van der Waals surface area (Å²) in [5, 5.41) is 0.673. The minimum absolute atomic E-state index is 0.664. The highest BCUT2D eigenvalue weighted by atomic mass is 35.5. The van der Waals surface area contributed by atoms with Crippen LogP contribution in [0.3, 0.4) is 0 Å². The molecule has 0 aromatic rings. The van der Waals surface area contributed by atoms with Crippen LogP contribution in [0.25, 0.3) is 0 Å². The Bertz CT molecular complexity index is 92.2. The third-order valence-corrected chi connectivity index (χ3v) is 2.78. The molecule has 0 fully saturated rings. The lowest BCUT2D eigenvalue weighted by Gasteiger charge is -1.93. The van der Waals surface area contributed by atoms with Gasteiger partial charge in [-0.25, -0.2) is 0 Å². The van der Waals surface area contributed by atoms with Crippen molar-refractivity contribution >= 4 is 46.6 Å². The Labute approximate surface area is 74.5 Å². The molecule has 0 saturated carbocycles. The lowest BCUT2D eigenvalue weighted by atomic mass is 10.7. The van der Waals surface area contributed by atoms with E-state index in [0.29, 0.717) is 10.9 Å². The summed E-state index contributed by atoms with van der Waals surface area (Å²) in [6, 6.07) is 0. The van der Waals surface area contributed by atoms with Gasteiger partial charge in [-0.05, 0) is 0 Å². The van der Waals surface area contributed by atoms with Gasteiger partial charge in [0.05, 0.1) is 0 Å². The normalized spacial score (nSPS) is 12.1. The van der Waals surface area contributed by atoms with Crippen molar-refractivity contribution in [3.63, 3.8) is 0 Å². The average Bonchev–Trinajstić information content (AvgIpc) is 1.89. The van der Waals surface area contributed by atoms with E-state index in [0.717, 1.165) is 11.5 Å². The van der Waals surface area contributed by atoms with E-state index in [1.165, 1.54) is 5.54 Å². The maximum atomic E-state index is 5.57. The van der Waals surface area contributed by atoms with E-state index >= 15 is 0 Å². The van der Waals surface area contributed by atoms with Crippen LogP contribution in [-0.2, 0) is 0 Å². The van der Waals surface area contributed by atoms with Gasteiger partial charge in [0.15, 0.2) is 0 Å². The van der Waals surface area contributed by atoms with E-state index in [1.807, 2.05) is 0 Å². The van der Waals surface area contributed by atoms with Gasteiger partial charge in [-0.1, -0.05) is 23.2 Å². The molecule has 54 valence electrons. The highest BCUT2D eigenvalue weighted by Crippen LogP contribution is 2.12. The Morgan fingerprint density at radius 3 is 2.67 bits per heavy atom. The maximum Gasteiger partial charge on any atom is 0.0392 e. The molecule has 0 aliphatic rings. The van der Waals surface area contributed by atoms with Crippen LogP contribution in [0.15, 0.2) is 10.6 Å². The van der Waals surface area contributed by atoms with Crippen LogP contribution < -0.4 is 0 Å². The van der Waals surface area contributed by atoms with Crippen LogP contribution in [0.2, 0.25) is 0 Å². The number of rotatable bonds is 4. The molecular weight excluding hydrogens is 198 g/mol. The number of hydrogen-bond donors (Lipinski definition) is 0. The first-order valence-corrected chi connectivity index (χ1v) is 4.90. The molecule has 0 unspecified atom stereocenters. The Balaban J connectivity index is 3.07. The zero-order valence-electron chi connectivity index (χ0n) is 4.74. The van der Waals surface area contributed by atoms with Crippen LogP contribution in [0, 0.1) is 0 Å². The van der Waals surface area contributed by atoms with E-state index in [2.05, 4.69) is 0 Å². The fourth-order valence-corrected chi connectivity index (χ4v) is 1.51. The summed E-state index contributed by atoms with van der Waals surface area (Å²) in [4.78, 5) is 0. The topological polar surface area (TPSA) is 0 Å². The Kier molecular flexibility index (Phi) is 7.83. The molecule has 0 saturated heterocycles. The van der Waals surface area contributed by atoms with E-state index in [9.17, 15) is 0 Å². The molecule has 0 atom stereocenters. The number of halogens is 3. The molecule has 0 N–H and O–H groups in total. The second-order valence-electron chi connectivity index (χ2n) is 1.30. The van der Waals surface area contributed by atoms with E-state index in [4.69, 9.17) is 34.8 Å². The summed E-state index contributed by atoms with van der Waals surface area (Å²) in [7, 11) is 0. The summed E-state index contributed by atoms with van der Waals surface area (Å²) in [6.07, 6.45) is 0. The second kappa shape index (κ2) is 7.07. The maximum absolute atomic E-state index is 5.57. The predicted molar refractivity (Wildman–Crippen MR) is 47.8 cm³/mol. The van der Waals surface area contributed by atoms with Gasteiger partial charge >= 0.3 is 0 Å². The first-order chi connectivity index (χ1) is 4.31. The van der Waals surface area contributed by atoms with Gasteiger partial charge in [0.25, 0.3) is 0 Å². The minimum atomic E-state index is 0.664. The molecule has 0 aromatic carbocycles. The number of alkyl halides is 1. The molecule has 0 aliphatic heterocycles. The summed E-state index contributed by atoms with van der Waals surface area (Å²) in [5.41, 5.74) is 1.38. The highest BCUT2D eigenvalue weighted by Gasteiger charge is 1.90. The lowest BCUT2D eigenvalue weighted by Crippen LogP contribution is -1.82. The first-order valence-electron chi connectivity index (χ1n) is 2.39. The molecule has 0 rings (SSSR count). The zero-order chi connectivity index (χ0) is 7.11. The van der Waals surface area contributed by atoms with E-state index in [1.54, 1.807) is 11.8 Å². The largest absolute Gasteiger partial charge is 0.155 e. The fourth-order valence-electron chi connectivity index (χ4n) is 0.256. The van der Waals surface area contributed by atoms with E-state index < -0.39 is 0 Å². The van der Waals surface area contributed by atoms with Crippen LogP contribution in [-0.4, -0.2) is 17.4 Å². The molecule has 4 heteroatoms. The molecule has 0 heterocycles. The van der Waals surface area contributed by atoms with Crippen LogP contribution in [0.5, 0.6) is 0 Å². The van der Waals surface area contributed by atoms with Gasteiger partial charge in [0, 0.05) is 28.0 Å². The Hall–Kier alpha value is 0.960. The Morgan fingerprint density at radius 2 is 2.22 bits per heavy atom. The minimum Gasteiger partial charge on any atom is -0.155 e. The van der Waals surface area contributed by atoms with Crippen molar-refractivity contribution in [2.24, 2.45) is 0 Å². The molecule has 0 amide bonds. The summed E-state index contributed by atoms with van der Waals surface area (Å²) in [5.74, 6) is 2.34. The van der Waals surface area contributed by atoms with Crippen molar-refractivity contribution in [3.05, 3.63) is 10.6 Å². The van der Waals surface area contributed by atoms with Crippen LogP contribution >= 0.6 is 46.6 Å². The van der Waals surface area contributed by atoms with Gasteiger partial charge in [-0.3, -0.25) is 0 Å². The standard InChI is InChI=1S/C5H7Cl3S/c6-1-2-9-4-5(8)3-7/h3H,1-2,4H2. The Morgan fingerprint density at radius 1 is 1.56 bits per heavy atom.